The van der Waals surface area contributed by atoms with Gasteiger partial charge in [0, 0.05) is 18.2 Å². The largest absolute Gasteiger partial charge is 0.376 e. The Morgan fingerprint density at radius 1 is 1.06 bits per heavy atom. The fourth-order valence-corrected chi connectivity index (χ4v) is 5.48. The molecule has 0 unspecified atom stereocenters. The average molecular weight is 499 g/mol. The van der Waals surface area contributed by atoms with Crippen LogP contribution >= 0.6 is 11.6 Å². The van der Waals surface area contributed by atoms with Crippen LogP contribution in [0, 0.1) is 6.92 Å². The molecule has 1 heterocycles. The van der Waals surface area contributed by atoms with Crippen molar-refractivity contribution < 1.29 is 17.9 Å². The van der Waals surface area contributed by atoms with Gasteiger partial charge < -0.3 is 10.1 Å². The van der Waals surface area contributed by atoms with E-state index in [0.717, 1.165) is 24.0 Å². The number of carbonyl (C=O) groups excluding carboxylic acids is 1. The van der Waals surface area contributed by atoms with Crippen LogP contribution in [0.5, 0.6) is 0 Å². The normalized spacial score (nSPS) is 15.8. The Bertz CT molecular complexity index is 1240. The van der Waals surface area contributed by atoms with Crippen molar-refractivity contribution in [1.82, 2.24) is 5.32 Å². The predicted octanol–water partition coefficient (Wildman–Crippen LogP) is 4.95. The molecule has 0 aliphatic carbocycles. The van der Waals surface area contributed by atoms with Gasteiger partial charge in [-0.1, -0.05) is 53.6 Å². The average Bonchev–Trinajstić information content (AvgIpc) is 3.36. The highest BCUT2D eigenvalue weighted by Crippen LogP contribution is 2.30. The first-order chi connectivity index (χ1) is 16.3. The van der Waals surface area contributed by atoms with Crippen LogP contribution in [-0.2, 0) is 21.3 Å². The zero-order valence-corrected chi connectivity index (χ0v) is 20.5. The summed E-state index contributed by atoms with van der Waals surface area (Å²) in [4.78, 5) is 13.3. The summed E-state index contributed by atoms with van der Waals surface area (Å²) < 4.78 is 34.5. The Hall–Kier alpha value is -2.87. The highest BCUT2D eigenvalue weighted by atomic mass is 35.5. The molecule has 4 rings (SSSR count). The van der Waals surface area contributed by atoms with Gasteiger partial charge in [0.15, 0.2) is 0 Å². The first-order valence-corrected chi connectivity index (χ1v) is 13.0. The summed E-state index contributed by atoms with van der Waals surface area (Å²) in [5.41, 5.74) is 2.29. The van der Waals surface area contributed by atoms with Crippen molar-refractivity contribution in [2.45, 2.75) is 37.3 Å². The van der Waals surface area contributed by atoms with Gasteiger partial charge in [0.25, 0.3) is 15.9 Å². The number of hydrogen-bond donors (Lipinski definition) is 1. The minimum Gasteiger partial charge on any atom is -0.376 e. The lowest BCUT2D eigenvalue weighted by atomic mass is 10.1. The van der Waals surface area contributed by atoms with E-state index in [2.05, 4.69) is 5.32 Å². The number of carbonyl (C=O) groups is 1. The quantitative estimate of drug-likeness (QED) is 0.476. The van der Waals surface area contributed by atoms with Crippen LogP contribution < -0.4 is 9.62 Å². The SMILES string of the molecule is Cc1ccc(S(=O)(=O)N(Cc2ccc(Cl)cc2)c2ccccc2C(=O)NC[C@H]2CCCO2)cc1. The van der Waals surface area contributed by atoms with E-state index in [1.165, 1.54) is 4.31 Å². The molecule has 1 atom stereocenters. The number of para-hydroxylation sites is 1. The zero-order chi connectivity index (χ0) is 24.1. The molecule has 1 fully saturated rings. The molecule has 1 amide bonds. The summed E-state index contributed by atoms with van der Waals surface area (Å²) in [6, 6.07) is 20.4. The molecule has 1 saturated heterocycles. The third-order valence-electron chi connectivity index (χ3n) is 5.78. The number of halogens is 1. The topological polar surface area (TPSA) is 75.7 Å². The first kappa shape index (κ1) is 24.3. The van der Waals surface area contributed by atoms with Gasteiger partial charge in [-0.05, 0) is 61.7 Å². The van der Waals surface area contributed by atoms with Crippen molar-refractivity contribution in [2.24, 2.45) is 0 Å². The number of aryl methyl sites for hydroxylation is 1. The smallest absolute Gasteiger partial charge is 0.264 e. The highest BCUT2D eigenvalue weighted by molar-refractivity contribution is 7.92. The van der Waals surface area contributed by atoms with Crippen LogP contribution in [0.1, 0.15) is 34.3 Å². The van der Waals surface area contributed by atoms with Crippen molar-refractivity contribution >= 4 is 33.2 Å². The number of nitrogens with one attached hydrogen (secondary N) is 1. The third-order valence-corrected chi connectivity index (χ3v) is 7.81. The fraction of sp³-hybridized carbons (Fsp3) is 0.269. The number of nitrogens with zero attached hydrogens (tertiary/aromatic N) is 1. The van der Waals surface area contributed by atoms with E-state index in [0.29, 0.717) is 23.9 Å². The Kier molecular flexibility index (Phi) is 7.56. The van der Waals surface area contributed by atoms with Crippen LogP contribution in [0.15, 0.2) is 77.7 Å². The second-order valence-electron chi connectivity index (χ2n) is 8.31. The summed E-state index contributed by atoms with van der Waals surface area (Å²) in [5, 5.41) is 3.46. The number of rotatable bonds is 8. The van der Waals surface area contributed by atoms with E-state index >= 15 is 0 Å². The molecular formula is C26H27ClN2O4S. The van der Waals surface area contributed by atoms with Crippen LogP contribution in [0.25, 0.3) is 0 Å². The van der Waals surface area contributed by atoms with Crippen molar-refractivity contribution in [2.75, 3.05) is 17.5 Å². The summed E-state index contributed by atoms with van der Waals surface area (Å²) in [7, 11) is -3.97. The van der Waals surface area contributed by atoms with Gasteiger partial charge in [-0.25, -0.2) is 8.42 Å². The molecule has 8 heteroatoms. The Labute approximate surface area is 205 Å². The van der Waals surface area contributed by atoms with Gasteiger partial charge in [-0.3, -0.25) is 9.10 Å². The number of ether oxygens (including phenoxy) is 1. The number of amides is 1. The molecule has 0 radical (unpaired) electrons. The van der Waals surface area contributed by atoms with Crippen LogP contribution in [0.2, 0.25) is 5.02 Å². The van der Waals surface area contributed by atoms with Crippen molar-refractivity contribution in [3.63, 3.8) is 0 Å². The van der Waals surface area contributed by atoms with Crippen LogP contribution in [-0.4, -0.2) is 33.6 Å². The highest BCUT2D eigenvalue weighted by Gasteiger charge is 2.29. The molecule has 0 bridgehead atoms. The number of benzene rings is 3. The second-order valence-corrected chi connectivity index (χ2v) is 10.6. The molecule has 6 nitrogen and oxygen atoms in total. The van der Waals surface area contributed by atoms with Crippen molar-refractivity contribution in [3.8, 4) is 0 Å². The summed E-state index contributed by atoms with van der Waals surface area (Å²) in [6.45, 7) is 3.02. The molecule has 34 heavy (non-hydrogen) atoms. The third kappa shape index (κ3) is 5.60. The molecule has 178 valence electrons. The maximum atomic E-state index is 13.8. The zero-order valence-electron chi connectivity index (χ0n) is 18.9. The molecule has 0 saturated carbocycles. The molecule has 1 N–H and O–H groups in total. The lowest BCUT2D eigenvalue weighted by Gasteiger charge is -2.27. The Morgan fingerprint density at radius 2 is 1.76 bits per heavy atom. The monoisotopic (exact) mass is 498 g/mol. The number of hydrogen-bond acceptors (Lipinski definition) is 4. The van der Waals surface area contributed by atoms with E-state index in [4.69, 9.17) is 16.3 Å². The van der Waals surface area contributed by atoms with Gasteiger partial charge in [0.2, 0.25) is 0 Å². The summed E-state index contributed by atoms with van der Waals surface area (Å²) in [6.07, 6.45) is 1.85. The van der Waals surface area contributed by atoms with Crippen LogP contribution in [0.4, 0.5) is 5.69 Å². The maximum Gasteiger partial charge on any atom is 0.264 e. The predicted molar refractivity (Wildman–Crippen MR) is 134 cm³/mol. The van der Waals surface area contributed by atoms with Crippen LogP contribution in [0.3, 0.4) is 0 Å². The van der Waals surface area contributed by atoms with Gasteiger partial charge in [0.1, 0.15) is 0 Å². The lowest BCUT2D eigenvalue weighted by molar-refractivity contribution is 0.0858. The van der Waals surface area contributed by atoms with Gasteiger partial charge in [0.05, 0.1) is 28.8 Å². The van der Waals surface area contributed by atoms with Crippen molar-refractivity contribution in [3.05, 3.63) is 94.5 Å². The fourth-order valence-electron chi connectivity index (χ4n) is 3.88. The number of sulfonamides is 1. The van der Waals surface area contributed by atoms with Crippen molar-refractivity contribution in [1.29, 1.82) is 0 Å². The summed E-state index contributed by atoms with van der Waals surface area (Å²) in [5.74, 6) is -0.341. The minimum atomic E-state index is -3.97. The lowest BCUT2D eigenvalue weighted by Crippen LogP contribution is -2.35. The van der Waals surface area contributed by atoms with E-state index < -0.39 is 10.0 Å². The summed E-state index contributed by atoms with van der Waals surface area (Å²) >= 11 is 6.03. The van der Waals surface area contributed by atoms with E-state index in [9.17, 15) is 13.2 Å². The molecule has 1 aliphatic rings. The first-order valence-electron chi connectivity index (χ1n) is 11.2. The minimum absolute atomic E-state index is 0.0161. The molecule has 3 aromatic rings. The molecule has 0 spiro atoms. The van der Waals surface area contributed by atoms with Gasteiger partial charge >= 0.3 is 0 Å². The molecule has 1 aliphatic heterocycles. The van der Waals surface area contributed by atoms with Gasteiger partial charge in [-0.2, -0.15) is 0 Å². The number of anilines is 1. The second kappa shape index (κ2) is 10.6. The van der Waals surface area contributed by atoms with E-state index in [1.807, 2.05) is 6.92 Å². The maximum absolute atomic E-state index is 13.8. The Balaban J connectivity index is 1.72. The van der Waals surface area contributed by atoms with E-state index in [1.54, 1.807) is 72.8 Å². The molecular weight excluding hydrogens is 472 g/mol. The standard InChI is InChI=1S/C26H27ClN2O4S/c1-19-8-14-23(15-9-19)34(31,32)29(18-20-10-12-21(27)13-11-20)25-7-3-2-6-24(25)26(30)28-17-22-5-4-16-33-22/h2-3,6-15,22H,4-5,16-18H2,1H3,(H,28,30)/t22-/m1/s1. The molecule has 0 aromatic heterocycles. The van der Waals surface area contributed by atoms with E-state index in [-0.39, 0.29) is 29.0 Å². The Morgan fingerprint density at radius 3 is 2.44 bits per heavy atom. The molecule has 3 aromatic carbocycles. The van der Waals surface area contributed by atoms with Gasteiger partial charge in [-0.15, -0.1) is 0 Å².